The molecule has 0 saturated carbocycles. The second-order valence-corrected chi connectivity index (χ2v) is 4.44. The Hall–Kier alpha value is -1.81. The summed E-state index contributed by atoms with van der Waals surface area (Å²) in [5, 5.41) is 9.22. The van der Waals surface area contributed by atoms with E-state index < -0.39 is 0 Å². The Morgan fingerprint density at radius 3 is 2.83 bits per heavy atom. The molecule has 18 heavy (non-hydrogen) atoms. The van der Waals surface area contributed by atoms with Crippen molar-refractivity contribution in [2.24, 2.45) is 0 Å². The van der Waals surface area contributed by atoms with E-state index in [9.17, 15) is 5.11 Å². The standard InChI is InChI=1S/C14H18N2O2/c1-11(2)16-10-15-7-13(16)9-18-14-6-4-3-5-12(14)8-17/h3-7,10-11,17H,8-9H2,1-2H3. The van der Waals surface area contributed by atoms with E-state index in [1.165, 1.54) is 0 Å². The number of hydrogen-bond acceptors (Lipinski definition) is 3. The first-order valence-corrected chi connectivity index (χ1v) is 6.04. The Labute approximate surface area is 107 Å². The molecule has 4 heteroatoms. The topological polar surface area (TPSA) is 47.3 Å². The van der Waals surface area contributed by atoms with Crippen molar-refractivity contribution in [2.45, 2.75) is 33.1 Å². The molecular weight excluding hydrogens is 228 g/mol. The molecule has 2 rings (SSSR count). The van der Waals surface area contributed by atoms with Crippen LogP contribution in [0.1, 0.15) is 31.1 Å². The SMILES string of the molecule is CC(C)n1cncc1COc1ccccc1CO. The molecule has 0 bridgehead atoms. The summed E-state index contributed by atoms with van der Waals surface area (Å²) in [4.78, 5) is 4.13. The number of aromatic nitrogens is 2. The van der Waals surface area contributed by atoms with Gasteiger partial charge in [0.15, 0.2) is 0 Å². The summed E-state index contributed by atoms with van der Waals surface area (Å²) >= 11 is 0. The molecule has 0 fully saturated rings. The van der Waals surface area contributed by atoms with Gasteiger partial charge in [-0.1, -0.05) is 18.2 Å². The number of benzene rings is 1. The van der Waals surface area contributed by atoms with Crippen molar-refractivity contribution in [2.75, 3.05) is 0 Å². The zero-order chi connectivity index (χ0) is 13.0. The number of nitrogens with zero attached hydrogens (tertiary/aromatic N) is 2. The minimum Gasteiger partial charge on any atom is -0.487 e. The van der Waals surface area contributed by atoms with E-state index in [-0.39, 0.29) is 6.61 Å². The fourth-order valence-electron chi connectivity index (χ4n) is 1.84. The van der Waals surface area contributed by atoms with Crippen LogP contribution in [0, 0.1) is 0 Å². The van der Waals surface area contributed by atoms with Crippen LogP contribution in [0.25, 0.3) is 0 Å². The molecule has 0 atom stereocenters. The molecule has 0 saturated heterocycles. The third-order valence-electron chi connectivity index (χ3n) is 2.82. The van der Waals surface area contributed by atoms with Crippen LogP contribution in [-0.4, -0.2) is 14.7 Å². The molecule has 0 unspecified atom stereocenters. The first-order valence-electron chi connectivity index (χ1n) is 6.04. The van der Waals surface area contributed by atoms with Crippen LogP contribution in [0.4, 0.5) is 0 Å². The van der Waals surface area contributed by atoms with Crippen molar-refractivity contribution in [3.05, 3.63) is 48.0 Å². The Kier molecular flexibility index (Phi) is 3.99. The lowest BCUT2D eigenvalue weighted by atomic mass is 10.2. The van der Waals surface area contributed by atoms with Crippen molar-refractivity contribution in [3.63, 3.8) is 0 Å². The molecule has 1 aromatic carbocycles. The predicted molar refractivity (Wildman–Crippen MR) is 69.3 cm³/mol. The van der Waals surface area contributed by atoms with Gasteiger partial charge in [0, 0.05) is 11.6 Å². The first kappa shape index (κ1) is 12.6. The first-order chi connectivity index (χ1) is 8.72. The molecule has 2 aromatic rings. The van der Waals surface area contributed by atoms with Crippen LogP contribution >= 0.6 is 0 Å². The summed E-state index contributed by atoms with van der Waals surface area (Å²) in [5.41, 5.74) is 1.82. The maximum Gasteiger partial charge on any atom is 0.130 e. The molecule has 96 valence electrons. The summed E-state index contributed by atoms with van der Waals surface area (Å²) in [5.74, 6) is 0.719. The maximum atomic E-state index is 9.22. The predicted octanol–water partition coefficient (Wildman–Crippen LogP) is 2.54. The molecule has 0 aliphatic heterocycles. The van der Waals surface area contributed by atoms with Gasteiger partial charge in [-0.15, -0.1) is 0 Å². The van der Waals surface area contributed by atoms with E-state index in [0.29, 0.717) is 12.6 Å². The third kappa shape index (κ3) is 2.71. The van der Waals surface area contributed by atoms with Gasteiger partial charge in [0.1, 0.15) is 12.4 Å². The Bertz CT molecular complexity index is 506. The molecular formula is C14H18N2O2. The van der Waals surface area contributed by atoms with Crippen molar-refractivity contribution in [3.8, 4) is 5.75 Å². The zero-order valence-corrected chi connectivity index (χ0v) is 10.7. The molecule has 0 spiro atoms. The number of rotatable bonds is 5. The maximum absolute atomic E-state index is 9.22. The van der Waals surface area contributed by atoms with Gasteiger partial charge in [-0.3, -0.25) is 0 Å². The summed E-state index contributed by atoms with van der Waals surface area (Å²) in [7, 11) is 0. The number of hydrogen-bond donors (Lipinski definition) is 1. The lowest BCUT2D eigenvalue weighted by molar-refractivity contribution is 0.254. The largest absolute Gasteiger partial charge is 0.487 e. The smallest absolute Gasteiger partial charge is 0.130 e. The Morgan fingerprint density at radius 2 is 2.11 bits per heavy atom. The molecule has 0 aliphatic rings. The molecule has 1 aromatic heterocycles. The fraction of sp³-hybridized carbons (Fsp3) is 0.357. The van der Waals surface area contributed by atoms with E-state index in [0.717, 1.165) is 17.0 Å². The van der Waals surface area contributed by atoms with Gasteiger partial charge in [-0.05, 0) is 19.9 Å². The van der Waals surface area contributed by atoms with Crippen LogP contribution in [-0.2, 0) is 13.2 Å². The van der Waals surface area contributed by atoms with Crippen molar-refractivity contribution >= 4 is 0 Å². The van der Waals surface area contributed by atoms with Gasteiger partial charge in [-0.2, -0.15) is 0 Å². The van der Waals surface area contributed by atoms with E-state index in [1.807, 2.05) is 30.5 Å². The summed E-state index contributed by atoms with van der Waals surface area (Å²) in [6.45, 7) is 4.65. The number of imidazole rings is 1. The van der Waals surface area contributed by atoms with Gasteiger partial charge in [0.2, 0.25) is 0 Å². The fourth-order valence-corrected chi connectivity index (χ4v) is 1.84. The van der Waals surface area contributed by atoms with E-state index >= 15 is 0 Å². The third-order valence-corrected chi connectivity index (χ3v) is 2.82. The zero-order valence-electron chi connectivity index (χ0n) is 10.7. The summed E-state index contributed by atoms with van der Waals surface area (Å²) in [6, 6.07) is 7.86. The average molecular weight is 246 g/mol. The number of aliphatic hydroxyl groups is 1. The van der Waals surface area contributed by atoms with Crippen molar-refractivity contribution in [1.29, 1.82) is 0 Å². The normalized spacial score (nSPS) is 10.9. The van der Waals surface area contributed by atoms with Crippen LogP contribution < -0.4 is 4.74 Å². The minimum atomic E-state index is -0.0143. The number of para-hydroxylation sites is 1. The van der Waals surface area contributed by atoms with E-state index in [1.54, 1.807) is 6.33 Å². The monoisotopic (exact) mass is 246 g/mol. The van der Waals surface area contributed by atoms with Crippen molar-refractivity contribution in [1.82, 2.24) is 9.55 Å². The highest BCUT2D eigenvalue weighted by atomic mass is 16.5. The molecule has 0 amide bonds. The van der Waals surface area contributed by atoms with Crippen molar-refractivity contribution < 1.29 is 9.84 Å². The highest BCUT2D eigenvalue weighted by Crippen LogP contribution is 2.19. The lowest BCUT2D eigenvalue weighted by Gasteiger charge is -2.13. The van der Waals surface area contributed by atoms with Gasteiger partial charge >= 0.3 is 0 Å². The quantitative estimate of drug-likeness (QED) is 0.882. The second kappa shape index (κ2) is 5.69. The molecule has 0 aliphatic carbocycles. The van der Waals surface area contributed by atoms with Gasteiger partial charge < -0.3 is 14.4 Å². The highest BCUT2D eigenvalue weighted by molar-refractivity contribution is 5.32. The Balaban J connectivity index is 2.09. The summed E-state index contributed by atoms with van der Waals surface area (Å²) in [6.07, 6.45) is 3.61. The van der Waals surface area contributed by atoms with Crippen LogP contribution in [0.15, 0.2) is 36.8 Å². The van der Waals surface area contributed by atoms with Crippen LogP contribution in [0.5, 0.6) is 5.75 Å². The molecule has 0 radical (unpaired) electrons. The highest BCUT2D eigenvalue weighted by Gasteiger charge is 2.07. The van der Waals surface area contributed by atoms with Gasteiger partial charge in [0.05, 0.1) is 24.8 Å². The Morgan fingerprint density at radius 1 is 1.33 bits per heavy atom. The minimum absolute atomic E-state index is 0.0143. The second-order valence-electron chi connectivity index (χ2n) is 4.44. The van der Waals surface area contributed by atoms with Gasteiger partial charge in [-0.25, -0.2) is 4.98 Å². The average Bonchev–Trinajstić information content (AvgIpc) is 2.85. The molecule has 1 N–H and O–H groups in total. The van der Waals surface area contributed by atoms with Crippen LogP contribution in [0.3, 0.4) is 0 Å². The van der Waals surface area contributed by atoms with E-state index in [2.05, 4.69) is 23.4 Å². The van der Waals surface area contributed by atoms with Gasteiger partial charge in [0.25, 0.3) is 0 Å². The van der Waals surface area contributed by atoms with Crippen LogP contribution in [0.2, 0.25) is 0 Å². The number of aliphatic hydroxyl groups excluding tert-OH is 1. The molecule has 1 heterocycles. The number of ether oxygens (including phenoxy) is 1. The lowest BCUT2D eigenvalue weighted by Crippen LogP contribution is -2.07. The molecule has 4 nitrogen and oxygen atoms in total. The summed E-state index contributed by atoms with van der Waals surface area (Å²) < 4.78 is 7.81. The van der Waals surface area contributed by atoms with E-state index in [4.69, 9.17) is 4.74 Å².